The lowest BCUT2D eigenvalue weighted by molar-refractivity contribution is -0.0793. The maximum atomic E-state index is 8.40. The SMILES string of the molecule is C[C@@H](O)OCCCl. The van der Waals surface area contributed by atoms with Crippen LogP contribution in [0.5, 0.6) is 0 Å². The second kappa shape index (κ2) is 4.37. The van der Waals surface area contributed by atoms with Crippen molar-refractivity contribution in [1.29, 1.82) is 0 Å². The van der Waals surface area contributed by atoms with E-state index in [4.69, 9.17) is 16.7 Å². The summed E-state index contributed by atoms with van der Waals surface area (Å²) in [7, 11) is 0. The van der Waals surface area contributed by atoms with Crippen molar-refractivity contribution < 1.29 is 9.84 Å². The summed E-state index contributed by atoms with van der Waals surface area (Å²) in [6, 6.07) is 0. The van der Waals surface area contributed by atoms with E-state index in [0.29, 0.717) is 12.5 Å². The maximum Gasteiger partial charge on any atom is 0.151 e. The number of ether oxygens (including phenoxy) is 1. The van der Waals surface area contributed by atoms with E-state index in [2.05, 4.69) is 4.74 Å². The second-order valence-electron chi connectivity index (χ2n) is 1.16. The van der Waals surface area contributed by atoms with Gasteiger partial charge in [-0.2, -0.15) is 0 Å². The van der Waals surface area contributed by atoms with Crippen molar-refractivity contribution in [2.24, 2.45) is 0 Å². The van der Waals surface area contributed by atoms with Crippen LogP contribution in [-0.2, 0) is 4.74 Å². The van der Waals surface area contributed by atoms with Gasteiger partial charge in [-0.3, -0.25) is 0 Å². The molecule has 0 saturated heterocycles. The Balaban J connectivity index is 2.68. The van der Waals surface area contributed by atoms with Crippen molar-refractivity contribution in [3.63, 3.8) is 0 Å². The van der Waals surface area contributed by atoms with E-state index < -0.39 is 6.29 Å². The van der Waals surface area contributed by atoms with E-state index in [1.165, 1.54) is 0 Å². The molecule has 0 aliphatic carbocycles. The molecular weight excluding hydrogens is 115 g/mol. The minimum absolute atomic E-state index is 0.416. The first-order valence-electron chi connectivity index (χ1n) is 2.13. The summed E-state index contributed by atoms with van der Waals surface area (Å²) in [6.45, 7) is 1.96. The molecule has 7 heavy (non-hydrogen) atoms. The van der Waals surface area contributed by atoms with Crippen LogP contribution in [0, 0.1) is 0 Å². The van der Waals surface area contributed by atoms with E-state index in [1.807, 2.05) is 0 Å². The molecule has 2 nitrogen and oxygen atoms in total. The first kappa shape index (κ1) is 7.21. The van der Waals surface area contributed by atoms with Gasteiger partial charge >= 0.3 is 0 Å². The van der Waals surface area contributed by atoms with Crippen molar-refractivity contribution in [3.8, 4) is 0 Å². The molecule has 0 fully saturated rings. The first-order valence-corrected chi connectivity index (χ1v) is 2.66. The number of aliphatic hydroxyl groups is 1. The van der Waals surface area contributed by atoms with Crippen molar-refractivity contribution >= 4 is 11.6 Å². The van der Waals surface area contributed by atoms with Crippen molar-refractivity contribution in [2.75, 3.05) is 12.5 Å². The fourth-order valence-electron chi connectivity index (χ4n) is 0.215. The molecule has 44 valence electrons. The molecule has 0 aliphatic heterocycles. The van der Waals surface area contributed by atoms with Crippen LogP contribution in [0.15, 0.2) is 0 Å². The highest BCUT2D eigenvalue weighted by atomic mass is 35.5. The third kappa shape index (κ3) is 6.21. The van der Waals surface area contributed by atoms with Crippen molar-refractivity contribution in [3.05, 3.63) is 0 Å². The van der Waals surface area contributed by atoms with Gasteiger partial charge in [-0.25, -0.2) is 0 Å². The Labute approximate surface area is 48.0 Å². The highest BCUT2D eigenvalue weighted by molar-refractivity contribution is 6.17. The van der Waals surface area contributed by atoms with Gasteiger partial charge in [-0.1, -0.05) is 0 Å². The number of aliphatic hydroxyl groups excluding tert-OH is 1. The lowest BCUT2D eigenvalue weighted by atomic mass is 10.7. The molecule has 0 unspecified atom stereocenters. The van der Waals surface area contributed by atoms with Gasteiger partial charge in [-0.15, -0.1) is 11.6 Å². The molecule has 0 aromatic carbocycles. The molecular formula is C4H9ClO2. The minimum atomic E-state index is -0.682. The fraction of sp³-hybridized carbons (Fsp3) is 1.00. The third-order valence-electron chi connectivity index (χ3n) is 0.436. The highest BCUT2D eigenvalue weighted by Gasteiger charge is 1.89. The van der Waals surface area contributed by atoms with Crippen LogP contribution in [0.25, 0.3) is 0 Å². The molecule has 0 spiro atoms. The van der Waals surface area contributed by atoms with Gasteiger partial charge in [0, 0.05) is 5.88 Å². The van der Waals surface area contributed by atoms with E-state index in [-0.39, 0.29) is 0 Å². The molecule has 1 atom stereocenters. The normalized spacial score (nSPS) is 14.1. The lowest BCUT2D eigenvalue weighted by Crippen LogP contribution is -2.07. The largest absolute Gasteiger partial charge is 0.368 e. The van der Waals surface area contributed by atoms with Gasteiger partial charge in [0.25, 0.3) is 0 Å². The predicted molar refractivity (Wildman–Crippen MR) is 28.4 cm³/mol. The monoisotopic (exact) mass is 124 g/mol. The molecule has 3 heteroatoms. The summed E-state index contributed by atoms with van der Waals surface area (Å²) in [6.07, 6.45) is -0.682. The van der Waals surface area contributed by atoms with E-state index in [9.17, 15) is 0 Å². The predicted octanol–water partition coefficient (Wildman–Crippen LogP) is 0.580. The summed E-state index contributed by atoms with van der Waals surface area (Å²) < 4.78 is 4.61. The number of halogens is 1. The summed E-state index contributed by atoms with van der Waals surface area (Å²) in [4.78, 5) is 0. The summed E-state index contributed by atoms with van der Waals surface area (Å²) >= 11 is 5.21. The minimum Gasteiger partial charge on any atom is -0.368 e. The Morgan fingerprint density at radius 3 is 2.57 bits per heavy atom. The average Bonchev–Trinajstić information content (AvgIpc) is 1.61. The Hall–Kier alpha value is 0.210. The molecule has 0 rings (SSSR count). The maximum absolute atomic E-state index is 8.40. The van der Waals surface area contributed by atoms with E-state index in [0.717, 1.165) is 0 Å². The Kier molecular flexibility index (Phi) is 4.50. The third-order valence-corrected chi connectivity index (χ3v) is 0.591. The molecule has 0 bridgehead atoms. The Morgan fingerprint density at radius 2 is 2.43 bits per heavy atom. The zero-order chi connectivity index (χ0) is 5.70. The number of rotatable bonds is 3. The zero-order valence-corrected chi connectivity index (χ0v) is 4.98. The summed E-state index contributed by atoms with van der Waals surface area (Å²) in [5.74, 6) is 0.435. The summed E-state index contributed by atoms with van der Waals surface area (Å²) in [5.41, 5.74) is 0. The van der Waals surface area contributed by atoms with Crippen molar-refractivity contribution in [1.82, 2.24) is 0 Å². The van der Waals surface area contributed by atoms with Crippen LogP contribution in [-0.4, -0.2) is 23.9 Å². The van der Waals surface area contributed by atoms with E-state index >= 15 is 0 Å². The molecule has 0 aliphatic rings. The lowest BCUT2D eigenvalue weighted by Gasteiger charge is -2.01. The smallest absolute Gasteiger partial charge is 0.151 e. The Morgan fingerprint density at radius 1 is 1.86 bits per heavy atom. The topological polar surface area (TPSA) is 29.5 Å². The molecule has 0 radical (unpaired) electrons. The number of alkyl halides is 1. The van der Waals surface area contributed by atoms with Gasteiger partial charge in [0.15, 0.2) is 6.29 Å². The van der Waals surface area contributed by atoms with Crippen LogP contribution in [0.2, 0.25) is 0 Å². The van der Waals surface area contributed by atoms with Crippen LogP contribution in [0.1, 0.15) is 6.92 Å². The van der Waals surface area contributed by atoms with Gasteiger partial charge in [0.05, 0.1) is 6.61 Å². The number of hydrogen-bond acceptors (Lipinski definition) is 2. The van der Waals surface area contributed by atoms with Gasteiger partial charge < -0.3 is 9.84 Å². The van der Waals surface area contributed by atoms with Crippen LogP contribution < -0.4 is 0 Å². The van der Waals surface area contributed by atoms with Crippen molar-refractivity contribution in [2.45, 2.75) is 13.2 Å². The second-order valence-corrected chi connectivity index (χ2v) is 1.54. The standard InChI is InChI=1S/C4H9ClO2/c1-4(6)7-3-2-5/h4,6H,2-3H2,1H3/t4-/m0/s1. The average molecular weight is 125 g/mol. The molecule has 0 amide bonds. The van der Waals surface area contributed by atoms with Crippen LogP contribution in [0.4, 0.5) is 0 Å². The Bertz CT molecular complexity index is 38.7. The highest BCUT2D eigenvalue weighted by Crippen LogP contribution is 1.83. The molecule has 0 saturated carbocycles. The first-order chi connectivity index (χ1) is 3.27. The molecule has 0 heterocycles. The van der Waals surface area contributed by atoms with Crippen LogP contribution in [0.3, 0.4) is 0 Å². The number of hydrogen-bond donors (Lipinski definition) is 1. The quantitative estimate of drug-likeness (QED) is 0.441. The van der Waals surface area contributed by atoms with Gasteiger partial charge in [0.2, 0.25) is 0 Å². The summed E-state index contributed by atoms with van der Waals surface area (Å²) in [5, 5.41) is 8.40. The molecule has 0 aromatic rings. The van der Waals surface area contributed by atoms with Gasteiger partial charge in [0.1, 0.15) is 0 Å². The fourth-order valence-corrected chi connectivity index (χ4v) is 0.304. The van der Waals surface area contributed by atoms with Crippen LogP contribution >= 0.6 is 11.6 Å². The zero-order valence-electron chi connectivity index (χ0n) is 4.22. The molecule has 1 N–H and O–H groups in total. The molecule has 0 aromatic heterocycles. The van der Waals surface area contributed by atoms with Gasteiger partial charge in [-0.05, 0) is 6.92 Å². The van der Waals surface area contributed by atoms with E-state index in [1.54, 1.807) is 6.92 Å².